The molecule has 0 bridgehead atoms. The van der Waals surface area contributed by atoms with Crippen LogP contribution in [0.1, 0.15) is 5.56 Å². The number of nitrogens with zero attached hydrogens (tertiary/aromatic N) is 1. The van der Waals surface area contributed by atoms with Crippen LogP contribution >= 0.6 is 0 Å². The first-order chi connectivity index (χ1) is 9.20. The smallest absolute Gasteiger partial charge is 0.119 e. The third-order valence-electron chi connectivity index (χ3n) is 2.76. The van der Waals surface area contributed by atoms with Crippen molar-refractivity contribution >= 4 is 11.4 Å². The van der Waals surface area contributed by atoms with Gasteiger partial charge in [0.1, 0.15) is 5.75 Å². The third kappa shape index (κ3) is 3.26. The van der Waals surface area contributed by atoms with Gasteiger partial charge in [-0.25, -0.2) is 5.84 Å². The van der Waals surface area contributed by atoms with Gasteiger partial charge in [-0.3, -0.25) is 5.01 Å². The number of anilines is 1. The molecule has 4 N–H and O–H groups in total. The minimum absolute atomic E-state index is 0.610. The van der Waals surface area contributed by atoms with Crippen LogP contribution in [0.3, 0.4) is 0 Å². The molecule has 0 aliphatic carbocycles. The van der Waals surface area contributed by atoms with E-state index in [1.165, 1.54) is 5.01 Å². The van der Waals surface area contributed by atoms with Gasteiger partial charge in [0.15, 0.2) is 0 Å². The number of ether oxygens (including phenoxy) is 1. The number of methoxy groups -OCH3 is 1. The van der Waals surface area contributed by atoms with Gasteiger partial charge < -0.3 is 10.5 Å². The summed E-state index contributed by atoms with van der Waals surface area (Å²) in [4.78, 5) is 0. The number of benzene rings is 2. The zero-order valence-corrected chi connectivity index (χ0v) is 10.8. The van der Waals surface area contributed by atoms with Crippen LogP contribution in [0, 0.1) is 0 Å². The number of rotatable bonds is 4. The molecule has 0 unspecified atom stereocenters. The van der Waals surface area contributed by atoms with Gasteiger partial charge in [0.2, 0.25) is 0 Å². The van der Waals surface area contributed by atoms with E-state index in [2.05, 4.69) is 0 Å². The van der Waals surface area contributed by atoms with Crippen LogP contribution in [0.25, 0.3) is 5.70 Å². The van der Waals surface area contributed by atoms with Gasteiger partial charge in [-0.2, -0.15) is 0 Å². The maximum Gasteiger partial charge on any atom is 0.119 e. The highest BCUT2D eigenvalue weighted by atomic mass is 16.5. The predicted octanol–water partition coefficient (Wildman–Crippen LogP) is 2.33. The fourth-order valence-electron chi connectivity index (χ4n) is 1.68. The van der Waals surface area contributed by atoms with Gasteiger partial charge in [-0.15, -0.1) is 0 Å². The standard InChI is InChI=1S/C15H17N3O/c1-19-14-9-7-13(8-10-14)18(17)11-15(16)12-5-3-2-4-6-12/h2-11H,16-17H2,1H3/b15-11-. The molecular formula is C15H17N3O. The lowest BCUT2D eigenvalue weighted by Gasteiger charge is -2.15. The first-order valence-corrected chi connectivity index (χ1v) is 5.91. The molecule has 2 aromatic carbocycles. The van der Waals surface area contributed by atoms with Crippen LogP contribution in [0.2, 0.25) is 0 Å². The number of hydrogen-bond acceptors (Lipinski definition) is 4. The molecule has 0 saturated carbocycles. The monoisotopic (exact) mass is 255 g/mol. The molecule has 4 heteroatoms. The Morgan fingerprint density at radius 2 is 1.68 bits per heavy atom. The minimum atomic E-state index is 0.610. The molecular weight excluding hydrogens is 238 g/mol. The minimum Gasteiger partial charge on any atom is -0.497 e. The molecule has 0 aliphatic heterocycles. The van der Waals surface area contributed by atoms with E-state index in [4.69, 9.17) is 16.3 Å². The second-order valence-electron chi connectivity index (χ2n) is 4.06. The Hall–Kier alpha value is -2.46. The highest BCUT2D eigenvalue weighted by Gasteiger charge is 2.01. The summed E-state index contributed by atoms with van der Waals surface area (Å²) in [6.07, 6.45) is 1.69. The first-order valence-electron chi connectivity index (χ1n) is 5.91. The van der Waals surface area contributed by atoms with E-state index in [0.29, 0.717) is 5.70 Å². The lowest BCUT2D eigenvalue weighted by atomic mass is 10.2. The van der Waals surface area contributed by atoms with Crippen molar-refractivity contribution in [3.05, 3.63) is 66.4 Å². The third-order valence-corrected chi connectivity index (χ3v) is 2.76. The summed E-state index contributed by atoms with van der Waals surface area (Å²) in [5.41, 5.74) is 8.38. The summed E-state index contributed by atoms with van der Waals surface area (Å²) in [6.45, 7) is 0. The van der Waals surface area contributed by atoms with Crippen LogP contribution in [-0.2, 0) is 0 Å². The fraction of sp³-hybridized carbons (Fsp3) is 0.0667. The van der Waals surface area contributed by atoms with Crippen LogP contribution < -0.4 is 21.3 Å². The zero-order valence-electron chi connectivity index (χ0n) is 10.8. The molecule has 2 aromatic rings. The molecule has 0 radical (unpaired) electrons. The first kappa shape index (κ1) is 13.0. The van der Waals surface area contributed by atoms with Crippen LogP contribution in [-0.4, -0.2) is 7.11 Å². The highest BCUT2D eigenvalue weighted by molar-refractivity contribution is 5.66. The summed E-state index contributed by atoms with van der Waals surface area (Å²) in [6, 6.07) is 17.1. The molecule has 0 amide bonds. The molecule has 0 aromatic heterocycles. The van der Waals surface area contributed by atoms with Crippen molar-refractivity contribution in [1.82, 2.24) is 0 Å². The maximum atomic E-state index is 6.00. The molecule has 0 fully saturated rings. The van der Waals surface area contributed by atoms with Gasteiger partial charge in [0.25, 0.3) is 0 Å². The van der Waals surface area contributed by atoms with Crippen molar-refractivity contribution in [1.29, 1.82) is 0 Å². The Labute approximate surface area is 112 Å². The molecule has 2 rings (SSSR count). The van der Waals surface area contributed by atoms with Gasteiger partial charge in [-0.05, 0) is 29.8 Å². The largest absolute Gasteiger partial charge is 0.497 e. The fourth-order valence-corrected chi connectivity index (χ4v) is 1.68. The van der Waals surface area contributed by atoms with E-state index in [0.717, 1.165) is 17.0 Å². The van der Waals surface area contributed by atoms with E-state index in [9.17, 15) is 0 Å². The molecule has 0 spiro atoms. The van der Waals surface area contributed by atoms with Gasteiger partial charge >= 0.3 is 0 Å². The van der Waals surface area contributed by atoms with Crippen molar-refractivity contribution in [2.45, 2.75) is 0 Å². The van der Waals surface area contributed by atoms with Crippen LogP contribution in [0.4, 0.5) is 5.69 Å². The summed E-state index contributed by atoms with van der Waals surface area (Å²) in [5, 5.41) is 1.49. The molecule has 0 saturated heterocycles. The summed E-state index contributed by atoms with van der Waals surface area (Å²) < 4.78 is 5.10. The Morgan fingerprint density at radius 3 is 2.26 bits per heavy atom. The molecule has 98 valence electrons. The van der Waals surface area contributed by atoms with Crippen LogP contribution in [0.5, 0.6) is 5.75 Å². The second-order valence-corrected chi connectivity index (χ2v) is 4.06. The van der Waals surface area contributed by atoms with Crippen molar-refractivity contribution in [3.63, 3.8) is 0 Å². The maximum absolute atomic E-state index is 6.00. The van der Waals surface area contributed by atoms with E-state index >= 15 is 0 Å². The van der Waals surface area contributed by atoms with Gasteiger partial charge in [-0.1, -0.05) is 30.3 Å². The predicted molar refractivity (Wildman–Crippen MR) is 78.3 cm³/mol. The van der Waals surface area contributed by atoms with Crippen molar-refractivity contribution in [2.24, 2.45) is 11.6 Å². The molecule has 19 heavy (non-hydrogen) atoms. The number of nitrogens with two attached hydrogens (primary N) is 2. The second kappa shape index (κ2) is 5.93. The zero-order chi connectivity index (χ0) is 13.7. The normalized spacial score (nSPS) is 11.2. The Kier molecular flexibility index (Phi) is 4.05. The molecule has 0 heterocycles. The van der Waals surface area contributed by atoms with Crippen molar-refractivity contribution < 1.29 is 4.74 Å². The lowest BCUT2D eigenvalue weighted by Crippen LogP contribution is -2.25. The average Bonchev–Trinajstić information content (AvgIpc) is 2.48. The summed E-state index contributed by atoms with van der Waals surface area (Å²) in [5.74, 6) is 6.75. The summed E-state index contributed by atoms with van der Waals surface area (Å²) >= 11 is 0. The van der Waals surface area contributed by atoms with E-state index in [1.807, 2.05) is 54.6 Å². The Morgan fingerprint density at radius 1 is 1.05 bits per heavy atom. The average molecular weight is 255 g/mol. The van der Waals surface area contributed by atoms with Crippen molar-refractivity contribution in [2.75, 3.05) is 12.1 Å². The van der Waals surface area contributed by atoms with Crippen LogP contribution in [0.15, 0.2) is 60.8 Å². The van der Waals surface area contributed by atoms with Gasteiger partial charge in [0, 0.05) is 6.20 Å². The van der Waals surface area contributed by atoms with E-state index in [-0.39, 0.29) is 0 Å². The molecule has 0 aliphatic rings. The van der Waals surface area contributed by atoms with Crippen molar-refractivity contribution in [3.8, 4) is 5.75 Å². The van der Waals surface area contributed by atoms with E-state index < -0.39 is 0 Å². The number of hydrogen-bond donors (Lipinski definition) is 2. The van der Waals surface area contributed by atoms with Gasteiger partial charge in [0.05, 0.1) is 18.5 Å². The Bertz CT molecular complexity index is 549. The topological polar surface area (TPSA) is 64.5 Å². The lowest BCUT2D eigenvalue weighted by molar-refractivity contribution is 0.415. The number of hydrazine groups is 1. The highest BCUT2D eigenvalue weighted by Crippen LogP contribution is 2.18. The SMILES string of the molecule is COc1ccc(N(N)/C=C(\N)c2ccccc2)cc1. The summed E-state index contributed by atoms with van der Waals surface area (Å²) in [7, 11) is 1.63. The quantitative estimate of drug-likeness (QED) is 0.650. The Balaban J connectivity index is 2.17. The van der Waals surface area contributed by atoms with E-state index in [1.54, 1.807) is 13.3 Å². The molecule has 4 nitrogen and oxygen atoms in total. The molecule has 0 atom stereocenters.